The standard InChI is InChI=1S/C19H24O2/c1-18(2)11-15(20)17-14(13-8-6-5-7-9-13)10-19(3,4)21-16(17)12-18/h5-9,14H,10-12H2,1-4H3/t14-/m0/s1. The maximum Gasteiger partial charge on any atom is 0.163 e. The van der Waals surface area contributed by atoms with Crippen LogP contribution < -0.4 is 0 Å². The smallest absolute Gasteiger partial charge is 0.163 e. The summed E-state index contributed by atoms with van der Waals surface area (Å²) in [4.78, 5) is 12.7. The molecule has 1 aromatic carbocycles. The minimum atomic E-state index is -0.215. The van der Waals surface area contributed by atoms with Gasteiger partial charge >= 0.3 is 0 Å². The summed E-state index contributed by atoms with van der Waals surface area (Å²) in [7, 11) is 0. The molecule has 2 nitrogen and oxygen atoms in total. The highest BCUT2D eigenvalue weighted by Crippen LogP contribution is 2.49. The molecule has 1 atom stereocenters. The average molecular weight is 284 g/mol. The fourth-order valence-electron chi connectivity index (χ4n) is 3.70. The van der Waals surface area contributed by atoms with E-state index in [-0.39, 0.29) is 22.7 Å². The van der Waals surface area contributed by atoms with E-state index in [1.165, 1.54) is 5.56 Å². The zero-order valence-corrected chi connectivity index (χ0v) is 13.4. The van der Waals surface area contributed by atoms with Gasteiger partial charge in [-0.15, -0.1) is 0 Å². The van der Waals surface area contributed by atoms with Crippen molar-refractivity contribution in [1.82, 2.24) is 0 Å². The predicted octanol–water partition coefficient (Wildman–Crippen LogP) is 4.61. The molecule has 0 fully saturated rings. The third-order valence-electron chi connectivity index (χ3n) is 4.52. The molecular weight excluding hydrogens is 260 g/mol. The van der Waals surface area contributed by atoms with Crippen molar-refractivity contribution in [1.29, 1.82) is 0 Å². The SMILES string of the molecule is CC1(C)CC(=O)C2=C(C1)OC(C)(C)C[C@H]2c1ccccc1. The van der Waals surface area contributed by atoms with Gasteiger partial charge in [-0.1, -0.05) is 44.2 Å². The van der Waals surface area contributed by atoms with Crippen LogP contribution in [0.4, 0.5) is 0 Å². The van der Waals surface area contributed by atoms with Crippen LogP contribution >= 0.6 is 0 Å². The summed E-state index contributed by atoms with van der Waals surface area (Å²) in [6, 6.07) is 10.4. The lowest BCUT2D eigenvalue weighted by molar-refractivity contribution is -0.121. The van der Waals surface area contributed by atoms with Crippen molar-refractivity contribution < 1.29 is 9.53 Å². The van der Waals surface area contributed by atoms with Crippen LogP contribution in [-0.2, 0) is 9.53 Å². The summed E-state index contributed by atoms with van der Waals surface area (Å²) in [6.45, 7) is 8.55. The molecule has 0 unspecified atom stereocenters. The van der Waals surface area contributed by atoms with Crippen LogP contribution in [0.25, 0.3) is 0 Å². The first kappa shape index (κ1) is 14.4. The molecule has 0 aromatic heterocycles. The number of ether oxygens (including phenoxy) is 1. The molecule has 1 aliphatic carbocycles. The zero-order chi connectivity index (χ0) is 15.3. The molecule has 0 N–H and O–H groups in total. The number of carbonyl (C=O) groups is 1. The monoisotopic (exact) mass is 284 g/mol. The molecule has 1 aliphatic heterocycles. The average Bonchev–Trinajstić information content (AvgIpc) is 2.35. The normalized spacial score (nSPS) is 27.0. The van der Waals surface area contributed by atoms with Gasteiger partial charge in [0.15, 0.2) is 5.78 Å². The third kappa shape index (κ3) is 2.76. The van der Waals surface area contributed by atoms with E-state index < -0.39 is 0 Å². The molecule has 0 bridgehead atoms. The second-order valence-electron chi connectivity index (χ2n) is 7.81. The van der Waals surface area contributed by atoms with Gasteiger partial charge in [-0.05, 0) is 31.2 Å². The van der Waals surface area contributed by atoms with Crippen molar-refractivity contribution in [3.8, 4) is 0 Å². The lowest BCUT2D eigenvalue weighted by Gasteiger charge is -2.44. The van der Waals surface area contributed by atoms with Crippen molar-refractivity contribution in [3.05, 3.63) is 47.2 Å². The van der Waals surface area contributed by atoms with Gasteiger partial charge in [0.2, 0.25) is 0 Å². The number of Topliss-reactive ketones (excluding diaryl/α,β-unsaturated/α-hetero) is 1. The quantitative estimate of drug-likeness (QED) is 0.752. The van der Waals surface area contributed by atoms with Crippen molar-refractivity contribution >= 4 is 5.78 Å². The van der Waals surface area contributed by atoms with E-state index in [0.717, 1.165) is 24.2 Å². The second kappa shape index (κ2) is 4.72. The molecule has 2 heteroatoms. The number of hydrogen-bond donors (Lipinski definition) is 0. The Labute approximate surface area is 127 Å². The van der Waals surface area contributed by atoms with Gasteiger partial charge in [-0.3, -0.25) is 4.79 Å². The van der Waals surface area contributed by atoms with E-state index >= 15 is 0 Å². The van der Waals surface area contributed by atoms with E-state index in [4.69, 9.17) is 4.74 Å². The van der Waals surface area contributed by atoms with Crippen molar-refractivity contribution in [3.63, 3.8) is 0 Å². The molecule has 1 aromatic rings. The number of carbonyl (C=O) groups excluding carboxylic acids is 1. The summed E-state index contributed by atoms with van der Waals surface area (Å²) < 4.78 is 6.19. The molecule has 0 spiro atoms. The highest BCUT2D eigenvalue weighted by Gasteiger charge is 2.44. The summed E-state index contributed by atoms with van der Waals surface area (Å²) in [5.74, 6) is 1.38. The zero-order valence-electron chi connectivity index (χ0n) is 13.4. The predicted molar refractivity (Wildman–Crippen MR) is 84.0 cm³/mol. The Hall–Kier alpha value is -1.57. The maximum absolute atomic E-state index is 12.7. The Balaban J connectivity index is 2.09. The van der Waals surface area contributed by atoms with Gasteiger partial charge in [0.25, 0.3) is 0 Å². The van der Waals surface area contributed by atoms with Gasteiger partial charge in [-0.2, -0.15) is 0 Å². The Kier molecular flexibility index (Phi) is 3.23. The second-order valence-corrected chi connectivity index (χ2v) is 7.81. The van der Waals surface area contributed by atoms with E-state index in [2.05, 4.69) is 52.0 Å². The largest absolute Gasteiger partial charge is 0.492 e. The van der Waals surface area contributed by atoms with E-state index in [1.807, 2.05) is 6.07 Å². The van der Waals surface area contributed by atoms with Crippen LogP contribution in [-0.4, -0.2) is 11.4 Å². The van der Waals surface area contributed by atoms with Crippen molar-refractivity contribution in [2.24, 2.45) is 5.41 Å². The minimum Gasteiger partial charge on any atom is -0.492 e. The Bertz CT molecular complexity index is 589. The fraction of sp³-hybridized carbons (Fsp3) is 0.526. The van der Waals surface area contributed by atoms with E-state index in [1.54, 1.807) is 0 Å². The van der Waals surface area contributed by atoms with Crippen LogP contribution in [0.1, 0.15) is 58.4 Å². The number of hydrogen-bond acceptors (Lipinski definition) is 2. The Morgan fingerprint density at radius 3 is 2.38 bits per heavy atom. The molecule has 0 saturated carbocycles. The highest BCUT2D eigenvalue weighted by atomic mass is 16.5. The first-order valence-corrected chi connectivity index (χ1v) is 7.78. The van der Waals surface area contributed by atoms with Crippen LogP contribution in [0, 0.1) is 5.41 Å². The number of allylic oxidation sites excluding steroid dienone is 2. The van der Waals surface area contributed by atoms with Gasteiger partial charge in [0, 0.05) is 24.3 Å². The van der Waals surface area contributed by atoms with Crippen LogP contribution in [0.5, 0.6) is 0 Å². The molecule has 2 aliphatic rings. The van der Waals surface area contributed by atoms with Crippen LogP contribution in [0.15, 0.2) is 41.7 Å². The molecule has 21 heavy (non-hydrogen) atoms. The molecule has 0 saturated heterocycles. The molecule has 112 valence electrons. The number of rotatable bonds is 1. The number of benzene rings is 1. The van der Waals surface area contributed by atoms with E-state index in [0.29, 0.717) is 6.42 Å². The Morgan fingerprint density at radius 1 is 1.05 bits per heavy atom. The first-order valence-electron chi connectivity index (χ1n) is 7.78. The van der Waals surface area contributed by atoms with Gasteiger partial charge < -0.3 is 4.74 Å². The van der Waals surface area contributed by atoms with Crippen LogP contribution in [0.2, 0.25) is 0 Å². The van der Waals surface area contributed by atoms with Gasteiger partial charge in [0.1, 0.15) is 11.4 Å². The molecule has 0 radical (unpaired) electrons. The first-order chi connectivity index (χ1) is 9.77. The summed E-state index contributed by atoms with van der Waals surface area (Å²) >= 11 is 0. The number of ketones is 1. The molecule has 3 rings (SSSR count). The van der Waals surface area contributed by atoms with Crippen LogP contribution in [0.3, 0.4) is 0 Å². The fourth-order valence-corrected chi connectivity index (χ4v) is 3.70. The van der Waals surface area contributed by atoms with Gasteiger partial charge in [0.05, 0.1) is 0 Å². The van der Waals surface area contributed by atoms with Gasteiger partial charge in [-0.25, -0.2) is 0 Å². The van der Waals surface area contributed by atoms with Crippen molar-refractivity contribution in [2.75, 3.05) is 0 Å². The third-order valence-corrected chi connectivity index (χ3v) is 4.52. The Morgan fingerprint density at radius 2 is 1.71 bits per heavy atom. The maximum atomic E-state index is 12.7. The van der Waals surface area contributed by atoms with Crippen molar-refractivity contribution in [2.45, 2.75) is 58.5 Å². The lowest BCUT2D eigenvalue weighted by Crippen LogP contribution is -2.39. The summed E-state index contributed by atoms with van der Waals surface area (Å²) in [6.07, 6.45) is 2.35. The van der Waals surface area contributed by atoms with E-state index in [9.17, 15) is 4.79 Å². The summed E-state index contributed by atoms with van der Waals surface area (Å²) in [5.41, 5.74) is 1.95. The highest BCUT2D eigenvalue weighted by molar-refractivity contribution is 5.98. The topological polar surface area (TPSA) is 26.3 Å². The summed E-state index contributed by atoms with van der Waals surface area (Å²) in [5, 5.41) is 0. The molecular formula is C19H24O2. The molecule has 1 heterocycles. The molecule has 0 amide bonds. The minimum absolute atomic E-state index is 0.00454. The lowest BCUT2D eigenvalue weighted by atomic mass is 9.69.